The van der Waals surface area contributed by atoms with E-state index in [2.05, 4.69) is 30.1 Å². The van der Waals surface area contributed by atoms with Crippen LogP contribution < -0.4 is 15.8 Å². The third-order valence-corrected chi connectivity index (χ3v) is 7.62. The highest BCUT2D eigenvalue weighted by atomic mass is 19.1. The molecule has 1 unspecified atom stereocenters. The Morgan fingerprint density at radius 3 is 2.56 bits per heavy atom. The van der Waals surface area contributed by atoms with Gasteiger partial charge in [0.2, 0.25) is 0 Å². The van der Waals surface area contributed by atoms with Crippen LogP contribution in [-0.4, -0.2) is 58.0 Å². The minimum atomic E-state index is -0.412. The number of benzene rings is 1. The van der Waals surface area contributed by atoms with Crippen LogP contribution >= 0.6 is 0 Å². The van der Waals surface area contributed by atoms with Gasteiger partial charge in [-0.3, -0.25) is 14.5 Å². The van der Waals surface area contributed by atoms with E-state index in [0.29, 0.717) is 28.9 Å². The van der Waals surface area contributed by atoms with E-state index in [1.54, 1.807) is 18.2 Å². The van der Waals surface area contributed by atoms with Crippen molar-refractivity contribution in [2.24, 2.45) is 0 Å². The Hall–Kier alpha value is -3.33. The number of carbonyl (C=O) groups excluding carboxylic acids is 1. The number of nitrogens with one attached hydrogen (secondary N) is 2. The predicted molar refractivity (Wildman–Crippen MR) is 138 cm³/mol. The molecule has 0 bridgehead atoms. The summed E-state index contributed by atoms with van der Waals surface area (Å²) in [6, 6.07) is 7.48. The lowest BCUT2D eigenvalue weighted by atomic mass is 9.93. The van der Waals surface area contributed by atoms with E-state index in [9.17, 15) is 9.59 Å². The summed E-state index contributed by atoms with van der Waals surface area (Å²) < 4.78 is 15.4. The molecule has 0 radical (unpaired) electrons. The molecule has 1 amide bonds. The van der Waals surface area contributed by atoms with Crippen LogP contribution in [0.5, 0.6) is 0 Å². The maximum Gasteiger partial charge on any atom is 0.270 e. The number of aryl methyl sites for hydroxylation is 2. The number of anilines is 1. The first-order valence-corrected chi connectivity index (χ1v) is 12.8. The molecule has 0 spiro atoms. The molecule has 2 aromatic heterocycles. The van der Waals surface area contributed by atoms with Crippen molar-refractivity contribution in [3.63, 3.8) is 0 Å². The Kier molecular flexibility index (Phi) is 6.75. The maximum absolute atomic E-state index is 15.4. The number of carbonyl (C=O) groups is 1. The van der Waals surface area contributed by atoms with E-state index in [1.807, 2.05) is 26.8 Å². The first-order chi connectivity index (χ1) is 17.4. The Bertz CT molecular complexity index is 1340. The second-order valence-corrected chi connectivity index (χ2v) is 9.83. The fraction of sp³-hybridized carbons (Fsp3) is 0.481. The highest BCUT2D eigenvalue weighted by Crippen LogP contribution is 2.29. The number of hydrogen-bond acceptors (Lipinski definition) is 6. The number of nitrogens with zero attached hydrogens (tertiary/aromatic N) is 4. The number of hydrogen-bond donors (Lipinski definition) is 2. The van der Waals surface area contributed by atoms with Crippen LogP contribution in [0.3, 0.4) is 0 Å². The van der Waals surface area contributed by atoms with Gasteiger partial charge in [0.1, 0.15) is 16.9 Å². The molecule has 2 aliphatic rings. The molecule has 2 fully saturated rings. The zero-order chi connectivity index (χ0) is 25.4. The summed E-state index contributed by atoms with van der Waals surface area (Å²) in [4.78, 5) is 40.7. The Morgan fingerprint density at radius 2 is 1.92 bits per heavy atom. The molecule has 1 aliphatic heterocycles. The summed E-state index contributed by atoms with van der Waals surface area (Å²) >= 11 is 0. The molecular weight excluding hydrogens is 459 g/mol. The van der Waals surface area contributed by atoms with Crippen molar-refractivity contribution < 1.29 is 9.18 Å². The van der Waals surface area contributed by atoms with Crippen molar-refractivity contribution in [2.45, 2.75) is 58.5 Å². The number of pyridine rings is 1. The number of halogens is 1. The van der Waals surface area contributed by atoms with Gasteiger partial charge in [-0.05, 0) is 57.7 Å². The summed E-state index contributed by atoms with van der Waals surface area (Å²) in [5.41, 5.74) is 3.59. The van der Waals surface area contributed by atoms with Gasteiger partial charge in [-0.15, -0.1) is 0 Å². The molecule has 1 saturated heterocycles. The summed E-state index contributed by atoms with van der Waals surface area (Å²) in [5.74, 6) is -0.515. The van der Waals surface area contributed by atoms with Crippen LogP contribution in [-0.2, 0) is 6.42 Å². The van der Waals surface area contributed by atoms with Gasteiger partial charge >= 0.3 is 0 Å². The summed E-state index contributed by atoms with van der Waals surface area (Å²) in [6.45, 7) is 8.84. The van der Waals surface area contributed by atoms with Gasteiger partial charge in [-0.25, -0.2) is 14.4 Å². The van der Waals surface area contributed by atoms with Gasteiger partial charge in [-0.1, -0.05) is 13.0 Å². The number of H-pyrrole nitrogens is 1. The molecule has 3 aromatic rings. The van der Waals surface area contributed by atoms with Crippen LogP contribution in [0.4, 0.5) is 10.1 Å². The number of aromatic nitrogens is 3. The van der Waals surface area contributed by atoms with Crippen molar-refractivity contribution in [1.29, 1.82) is 0 Å². The van der Waals surface area contributed by atoms with Crippen LogP contribution in [0.2, 0.25) is 0 Å². The summed E-state index contributed by atoms with van der Waals surface area (Å²) in [5, 5.41) is 3.04. The molecule has 1 atom stereocenters. The highest BCUT2D eigenvalue weighted by Gasteiger charge is 2.27. The first kappa shape index (κ1) is 24.4. The SMILES string of the molecule is CCc1nc2ccc(C(C)N3CCN(c4ccc(C(=O)NC5CCC5)nc4C)CC3)c(F)c2[nH]c1=O. The molecule has 36 heavy (non-hydrogen) atoms. The van der Waals surface area contributed by atoms with E-state index in [4.69, 9.17) is 0 Å². The number of fused-ring (bicyclic) bond motifs is 1. The van der Waals surface area contributed by atoms with Gasteiger partial charge in [0.05, 0.1) is 16.9 Å². The van der Waals surface area contributed by atoms with E-state index in [-0.39, 0.29) is 29.1 Å². The van der Waals surface area contributed by atoms with Crippen LogP contribution in [0, 0.1) is 12.7 Å². The molecule has 1 aliphatic carbocycles. The van der Waals surface area contributed by atoms with Crippen molar-refractivity contribution in [1.82, 2.24) is 25.2 Å². The van der Waals surface area contributed by atoms with E-state index in [1.165, 1.54) is 6.42 Å². The molecule has 190 valence electrons. The first-order valence-electron chi connectivity index (χ1n) is 12.8. The normalized spacial score (nSPS) is 17.7. The number of rotatable bonds is 6. The molecule has 1 aromatic carbocycles. The lowest BCUT2D eigenvalue weighted by Gasteiger charge is -2.39. The minimum Gasteiger partial charge on any atom is -0.368 e. The lowest BCUT2D eigenvalue weighted by Crippen LogP contribution is -2.47. The van der Waals surface area contributed by atoms with Crippen molar-refractivity contribution in [3.05, 3.63) is 63.1 Å². The Balaban J connectivity index is 1.26. The van der Waals surface area contributed by atoms with Gasteiger partial charge in [0.25, 0.3) is 11.5 Å². The van der Waals surface area contributed by atoms with Gasteiger partial charge < -0.3 is 15.2 Å². The monoisotopic (exact) mass is 492 g/mol. The van der Waals surface area contributed by atoms with Crippen molar-refractivity contribution >= 4 is 22.6 Å². The zero-order valence-electron chi connectivity index (χ0n) is 21.1. The van der Waals surface area contributed by atoms with Gasteiger partial charge in [0.15, 0.2) is 5.82 Å². The number of piperazine rings is 1. The fourth-order valence-electron chi connectivity index (χ4n) is 5.11. The Morgan fingerprint density at radius 1 is 1.17 bits per heavy atom. The van der Waals surface area contributed by atoms with E-state index < -0.39 is 5.82 Å². The molecule has 2 N–H and O–H groups in total. The highest BCUT2D eigenvalue weighted by molar-refractivity contribution is 5.93. The second-order valence-electron chi connectivity index (χ2n) is 9.83. The largest absolute Gasteiger partial charge is 0.368 e. The quantitative estimate of drug-likeness (QED) is 0.547. The second kappa shape index (κ2) is 9.97. The average Bonchev–Trinajstić information content (AvgIpc) is 2.86. The maximum atomic E-state index is 15.4. The van der Waals surface area contributed by atoms with E-state index >= 15 is 4.39 Å². The third-order valence-electron chi connectivity index (χ3n) is 7.62. The number of aromatic amines is 1. The standard InChI is InChI=1S/C27H33FN6O2/c1-4-20-26(35)32-25-21(31-20)9-8-19(24(25)28)17(3)33-12-14-34(15-13-33)23-11-10-22(29-16(23)2)27(36)30-18-6-5-7-18/h8-11,17-18H,4-7,12-15H2,1-3H3,(H,30,36)(H,32,35). The topological polar surface area (TPSA) is 94.2 Å². The lowest BCUT2D eigenvalue weighted by molar-refractivity contribution is 0.0911. The van der Waals surface area contributed by atoms with Gasteiger partial charge in [0, 0.05) is 43.8 Å². The molecule has 5 rings (SSSR count). The van der Waals surface area contributed by atoms with Crippen molar-refractivity contribution in [2.75, 3.05) is 31.1 Å². The molecule has 1 saturated carbocycles. The zero-order valence-corrected chi connectivity index (χ0v) is 21.1. The number of amides is 1. The van der Waals surface area contributed by atoms with E-state index in [0.717, 1.165) is 50.4 Å². The molecular formula is C27H33FN6O2. The van der Waals surface area contributed by atoms with Crippen LogP contribution in [0.25, 0.3) is 11.0 Å². The van der Waals surface area contributed by atoms with Crippen LogP contribution in [0.15, 0.2) is 29.1 Å². The van der Waals surface area contributed by atoms with Crippen molar-refractivity contribution in [3.8, 4) is 0 Å². The molecule has 8 nitrogen and oxygen atoms in total. The average molecular weight is 493 g/mol. The van der Waals surface area contributed by atoms with Crippen LogP contribution in [0.1, 0.15) is 66.6 Å². The predicted octanol–water partition coefficient (Wildman–Crippen LogP) is 3.49. The minimum absolute atomic E-state index is 0.104. The molecule has 3 heterocycles. The van der Waals surface area contributed by atoms with Gasteiger partial charge in [-0.2, -0.15) is 0 Å². The molecule has 9 heteroatoms. The summed E-state index contributed by atoms with van der Waals surface area (Å²) in [7, 11) is 0. The third kappa shape index (κ3) is 4.59. The fourth-order valence-corrected chi connectivity index (χ4v) is 5.11. The Labute approximate surface area is 209 Å². The summed E-state index contributed by atoms with van der Waals surface area (Å²) in [6.07, 6.45) is 3.76. The smallest absolute Gasteiger partial charge is 0.270 e.